The van der Waals surface area contributed by atoms with Crippen LogP contribution in [0.4, 0.5) is 0 Å². The molecule has 0 aromatic rings. The summed E-state index contributed by atoms with van der Waals surface area (Å²) in [6.07, 6.45) is 16.1. The van der Waals surface area contributed by atoms with Gasteiger partial charge in [0.2, 0.25) is 5.91 Å². The second kappa shape index (κ2) is 5.93. The highest BCUT2D eigenvalue weighted by Crippen LogP contribution is 2.61. The molecular weight excluding hydrogens is 352 g/mol. The zero-order chi connectivity index (χ0) is 18.2. The molecule has 2 N–H and O–H groups in total. The maximum atomic E-state index is 13.2. The molecule has 8 bridgehead atoms. The normalized spacial score (nSPS) is 51.4. The molecule has 8 aliphatic rings. The van der Waals surface area contributed by atoms with Crippen molar-refractivity contribution in [2.45, 2.75) is 77.0 Å². The lowest BCUT2D eigenvalue weighted by molar-refractivity contribution is -0.144. The van der Waals surface area contributed by atoms with E-state index in [4.69, 9.17) is 12.2 Å². The molecule has 8 fully saturated rings. The molecule has 1 amide bonds. The van der Waals surface area contributed by atoms with E-state index in [1.807, 2.05) is 0 Å². The fraction of sp³-hybridized carbons (Fsp3) is 0.913. The minimum absolute atomic E-state index is 0.0961. The number of carbonyl (C=O) groups is 1. The zero-order valence-electron chi connectivity index (χ0n) is 16.5. The quantitative estimate of drug-likeness (QED) is 0.706. The number of hydrogen-bond acceptors (Lipinski definition) is 2. The third-order valence-electron chi connectivity index (χ3n) is 9.54. The summed E-state index contributed by atoms with van der Waals surface area (Å²) in [6, 6.07) is 0. The first-order valence-corrected chi connectivity index (χ1v) is 12.0. The Morgan fingerprint density at radius 3 is 1.59 bits per heavy atom. The largest absolute Gasteiger partial charge is 0.362 e. The number of hydrogen-bond donors (Lipinski definition) is 2. The van der Waals surface area contributed by atoms with E-state index in [-0.39, 0.29) is 11.3 Å². The van der Waals surface area contributed by atoms with E-state index in [9.17, 15) is 4.79 Å². The summed E-state index contributed by atoms with van der Waals surface area (Å²) >= 11 is 5.60. The van der Waals surface area contributed by atoms with Gasteiger partial charge in [-0.3, -0.25) is 4.79 Å². The first kappa shape index (κ1) is 17.2. The Labute approximate surface area is 168 Å². The first-order chi connectivity index (χ1) is 13.0. The van der Waals surface area contributed by atoms with Crippen molar-refractivity contribution < 1.29 is 4.79 Å². The molecule has 4 heteroatoms. The van der Waals surface area contributed by atoms with Crippen LogP contribution in [0.25, 0.3) is 0 Å². The van der Waals surface area contributed by atoms with E-state index in [1.165, 1.54) is 57.8 Å². The van der Waals surface area contributed by atoms with Crippen molar-refractivity contribution >= 4 is 23.2 Å². The summed E-state index contributed by atoms with van der Waals surface area (Å²) in [6.45, 7) is 0.983. The minimum Gasteiger partial charge on any atom is -0.362 e. The lowest BCUT2D eigenvalue weighted by atomic mass is 9.49. The van der Waals surface area contributed by atoms with Crippen molar-refractivity contribution in [1.29, 1.82) is 0 Å². The molecule has 0 heterocycles. The van der Waals surface area contributed by atoms with E-state index >= 15 is 0 Å². The average Bonchev–Trinajstić information content (AvgIpc) is 2.58. The van der Waals surface area contributed by atoms with Crippen molar-refractivity contribution in [2.24, 2.45) is 46.3 Å². The van der Waals surface area contributed by atoms with Gasteiger partial charge in [0, 0.05) is 6.54 Å². The third kappa shape index (κ3) is 2.88. The Morgan fingerprint density at radius 1 is 0.741 bits per heavy atom. The van der Waals surface area contributed by atoms with E-state index in [1.54, 1.807) is 0 Å². The standard InChI is InChI=1S/C23H34N2OS/c26-20(23-10-17-4-18(11-23)6-19(5-17)12-23)25-21(27)24-13-22-7-14-1-15(8-22)3-16(2-14)9-22/h14-19H,1-13H2,(H2,24,25,26,27). The van der Waals surface area contributed by atoms with E-state index in [0.29, 0.717) is 10.5 Å². The highest BCUT2D eigenvalue weighted by molar-refractivity contribution is 7.80. The first-order valence-electron chi connectivity index (χ1n) is 11.6. The molecule has 0 saturated heterocycles. The van der Waals surface area contributed by atoms with Crippen molar-refractivity contribution in [1.82, 2.24) is 10.6 Å². The molecule has 0 spiro atoms. The fourth-order valence-corrected chi connectivity index (χ4v) is 9.61. The van der Waals surface area contributed by atoms with Crippen LogP contribution in [0.1, 0.15) is 77.0 Å². The SMILES string of the molecule is O=C(NC(=S)NCC12CC3CC(CC(C3)C1)C2)C12CC3CC(CC(C3)C1)C2. The van der Waals surface area contributed by atoms with Crippen molar-refractivity contribution in [3.05, 3.63) is 0 Å². The number of nitrogens with one attached hydrogen (secondary N) is 2. The monoisotopic (exact) mass is 386 g/mol. The molecule has 0 aromatic heterocycles. The minimum atomic E-state index is -0.0961. The average molecular weight is 387 g/mol. The fourth-order valence-electron chi connectivity index (χ4n) is 9.44. The Hall–Kier alpha value is -0.640. The van der Waals surface area contributed by atoms with Crippen molar-refractivity contribution in [3.8, 4) is 0 Å². The van der Waals surface area contributed by atoms with Gasteiger partial charge in [-0.15, -0.1) is 0 Å². The molecule has 8 saturated carbocycles. The number of amides is 1. The van der Waals surface area contributed by atoms with E-state index in [2.05, 4.69) is 10.6 Å². The van der Waals surface area contributed by atoms with Gasteiger partial charge in [-0.1, -0.05) is 0 Å². The van der Waals surface area contributed by atoms with Crippen LogP contribution >= 0.6 is 12.2 Å². The van der Waals surface area contributed by atoms with Gasteiger partial charge in [0.05, 0.1) is 5.41 Å². The molecule has 3 nitrogen and oxygen atoms in total. The Balaban J connectivity index is 1.08. The summed E-state index contributed by atoms with van der Waals surface area (Å²) in [5.41, 5.74) is 0.366. The van der Waals surface area contributed by atoms with Gasteiger partial charge >= 0.3 is 0 Å². The predicted octanol–water partition coefficient (Wildman–Crippen LogP) is 4.41. The van der Waals surface area contributed by atoms with E-state index < -0.39 is 0 Å². The van der Waals surface area contributed by atoms with Crippen LogP contribution in [0.5, 0.6) is 0 Å². The Bertz CT molecular complexity index is 601. The topological polar surface area (TPSA) is 41.1 Å². The predicted molar refractivity (Wildman–Crippen MR) is 110 cm³/mol. The number of carbonyl (C=O) groups excluding carboxylic acids is 1. The smallest absolute Gasteiger partial charge is 0.232 e. The van der Waals surface area contributed by atoms with Crippen molar-refractivity contribution in [2.75, 3.05) is 6.54 Å². The number of thiocarbonyl (C=S) groups is 1. The molecular formula is C23H34N2OS. The molecule has 0 radical (unpaired) electrons. The highest BCUT2D eigenvalue weighted by atomic mass is 32.1. The van der Waals surface area contributed by atoms with Crippen LogP contribution in [0.2, 0.25) is 0 Å². The van der Waals surface area contributed by atoms with Crippen molar-refractivity contribution in [3.63, 3.8) is 0 Å². The van der Waals surface area contributed by atoms with Gasteiger partial charge < -0.3 is 10.6 Å². The highest BCUT2D eigenvalue weighted by Gasteiger charge is 2.55. The van der Waals surface area contributed by atoms with Crippen LogP contribution in [-0.4, -0.2) is 17.6 Å². The van der Waals surface area contributed by atoms with Crippen LogP contribution in [0, 0.1) is 46.3 Å². The summed E-state index contributed by atoms with van der Waals surface area (Å²) in [5, 5.41) is 7.26. The van der Waals surface area contributed by atoms with Gasteiger partial charge in [-0.25, -0.2) is 0 Å². The summed E-state index contributed by atoms with van der Waals surface area (Å²) < 4.78 is 0. The molecule has 148 valence electrons. The molecule has 0 aliphatic heterocycles. The molecule has 0 unspecified atom stereocenters. The summed E-state index contributed by atoms with van der Waals surface area (Å²) in [4.78, 5) is 13.2. The summed E-state index contributed by atoms with van der Waals surface area (Å²) in [5.74, 6) is 5.54. The molecule has 8 rings (SSSR count). The lowest BCUT2D eigenvalue weighted by Crippen LogP contribution is -2.57. The maximum Gasteiger partial charge on any atom is 0.232 e. The van der Waals surface area contributed by atoms with Crippen LogP contribution in [-0.2, 0) is 4.79 Å². The second-order valence-electron chi connectivity index (χ2n) is 11.8. The zero-order valence-corrected chi connectivity index (χ0v) is 17.3. The van der Waals surface area contributed by atoms with Gasteiger partial charge in [0.25, 0.3) is 0 Å². The summed E-state index contributed by atoms with van der Waals surface area (Å²) in [7, 11) is 0. The third-order valence-corrected chi connectivity index (χ3v) is 9.78. The van der Waals surface area contributed by atoms with E-state index in [0.717, 1.165) is 61.3 Å². The molecule has 0 atom stereocenters. The Kier molecular flexibility index (Phi) is 3.79. The molecule has 0 aromatic carbocycles. The number of rotatable bonds is 3. The van der Waals surface area contributed by atoms with Gasteiger partial charge in [0.1, 0.15) is 0 Å². The van der Waals surface area contributed by atoms with Gasteiger partial charge in [-0.2, -0.15) is 0 Å². The molecule has 27 heavy (non-hydrogen) atoms. The van der Waals surface area contributed by atoms with Gasteiger partial charge in [0.15, 0.2) is 5.11 Å². The van der Waals surface area contributed by atoms with Gasteiger partial charge in [-0.05, 0) is 130 Å². The Morgan fingerprint density at radius 2 is 1.15 bits per heavy atom. The van der Waals surface area contributed by atoms with Crippen LogP contribution in [0.15, 0.2) is 0 Å². The maximum absolute atomic E-state index is 13.2. The second-order valence-corrected chi connectivity index (χ2v) is 12.2. The molecule has 8 aliphatic carbocycles. The van der Waals surface area contributed by atoms with Crippen LogP contribution < -0.4 is 10.6 Å². The van der Waals surface area contributed by atoms with Crippen LogP contribution in [0.3, 0.4) is 0 Å². The lowest BCUT2D eigenvalue weighted by Gasteiger charge is -2.57.